The number of nitrogens with zero attached hydrogens (tertiary/aromatic N) is 7. The van der Waals surface area contributed by atoms with Crippen LogP contribution in [0, 0.1) is 0 Å². The first-order chi connectivity index (χ1) is 18.2. The SMILES string of the molecule is Nc1ncc(-c2nc(N3CCOCC3)nc3c2CCN3c2cccc(CC(=O)N3CCNCC3)c2)cn1. The van der Waals surface area contributed by atoms with E-state index < -0.39 is 0 Å². The predicted molar refractivity (Wildman–Crippen MR) is 141 cm³/mol. The monoisotopic (exact) mass is 501 g/mol. The Bertz CT molecular complexity index is 1270. The lowest BCUT2D eigenvalue weighted by molar-refractivity contribution is -0.131. The Hall–Kier alpha value is -3.83. The van der Waals surface area contributed by atoms with Crippen LogP contribution in [0.25, 0.3) is 11.3 Å². The fraction of sp³-hybridized carbons (Fsp3) is 0.423. The van der Waals surface area contributed by atoms with Crippen LogP contribution in [0.4, 0.5) is 23.4 Å². The molecule has 0 aliphatic carbocycles. The van der Waals surface area contributed by atoms with Crippen LogP contribution in [0.15, 0.2) is 36.7 Å². The third-order valence-corrected chi connectivity index (χ3v) is 7.10. The molecular formula is C26H31N9O2. The van der Waals surface area contributed by atoms with E-state index in [0.717, 1.165) is 86.1 Å². The highest BCUT2D eigenvalue weighted by atomic mass is 16.5. The molecule has 1 aromatic carbocycles. The van der Waals surface area contributed by atoms with Crippen molar-refractivity contribution >= 4 is 29.3 Å². The fourth-order valence-corrected chi connectivity index (χ4v) is 5.13. The third-order valence-electron chi connectivity index (χ3n) is 7.10. The Morgan fingerprint density at radius 3 is 2.59 bits per heavy atom. The molecule has 0 unspecified atom stereocenters. The molecule has 2 fully saturated rings. The summed E-state index contributed by atoms with van der Waals surface area (Å²) in [7, 11) is 0. The number of amides is 1. The molecule has 0 radical (unpaired) electrons. The summed E-state index contributed by atoms with van der Waals surface area (Å²) in [5.41, 5.74) is 10.5. The van der Waals surface area contributed by atoms with E-state index in [1.165, 1.54) is 0 Å². The van der Waals surface area contributed by atoms with E-state index >= 15 is 0 Å². The largest absolute Gasteiger partial charge is 0.378 e. The summed E-state index contributed by atoms with van der Waals surface area (Å²) in [6, 6.07) is 8.23. The van der Waals surface area contributed by atoms with Crippen LogP contribution in [0.5, 0.6) is 0 Å². The Morgan fingerprint density at radius 2 is 1.81 bits per heavy atom. The number of anilines is 4. The minimum absolute atomic E-state index is 0.169. The summed E-state index contributed by atoms with van der Waals surface area (Å²) in [6.07, 6.45) is 4.63. The second-order valence-corrected chi connectivity index (χ2v) is 9.48. The average Bonchev–Trinajstić information content (AvgIpc) is 3.38. The molecule has 6 rings (SSSR count). The van der Waals surface area contributed by atoms with Gasteiger partial charge in [0.1, 0.15) is 5.82 Å². The van der Waals surface area contributed by atoms with Gasteiger partial charge in [-0.2, -0.15) is 4.98 Å². The van der Waals surface area contributed by atoms with Crippen molar-refractivity contribution in [1.29, 1.82) is 0 Å². The van der Waals surface area contributed by atoms with Gasteiger partial charge in [-0.25, -0.2) is 15.0 Å². The van der Waals surface area contributed by atoms with Crippen molar-refractivity contribution in [3.8, 4) is 11.3 Å². The molecule has 37 heavy (non-hydrogen) atoms. The number of morpholine rings is 1. The van der Waals surface area contributed by atoms with Crippen molar-refractivity contribution in [2.45, 2.75) is 12.8 Å². The van der Waals surface area contributed by atoms with Crippen molar-refractivity contribution in [2.24, 2.45) is 0 Å². The van der Waals surface area contributed by atoms with E-state index in [1.807, 2.05) is 17.0 Å². The zero-order valence-corrected chi connectivity index (χ0v) is 20.8. The van der Waals surface area contributed by atoms with Crippen LogP contribution in [-0.2, 0) is 22.4 Å². The maximum atomic E-state index is 12.9. The number of piperazine rings is 1. The molecule has 0 bridgehead atoms. The summed E-state index contributed by atoms with van der Waals surface area (Å²) < 4.78 is 5.54. The number of carbonyl (C=O) groups is 1. The van der Waals surface area contributed by atoms with Gasteiger partial charge < -0.3 is 30.5 Å². The highest BCUT2D eigenvalue weighted by Gasteiger charge is 2.29. The van der Waals surface area contributed by atoms with Crippen molar-refractivity contribution in [1.82, 2.24) is 30.2 Å². The van der Waals surface area contributed by atoms with Crippen LogP contribution in [0.3, 0.4) is 0 Å². The number of rotatable bonds is 5. The summed E-state index contributed by atoms with van der Waals surface area (Å²) >= 11 is 0. The van der Waals surface area contributed by atoms with Gasteiger partial charge in [0.25, 0.3) is 0 Å². The lowest BCUT2D eigenvalue weighted by Crippen LogP contribution is -2.46. The molecule has 11 heteroatoms. The number of carbonyl (C=O) groups excluding carboxylic acids is 1. The van der Waals surface area contributed by atoms with Crippen molar-refractivity contribution < 1.29 is 9.53 Å². The summed E-state index contributed by atoms with van der Waals surface area (Å²) in [6.45, 7) is 6.76. The number of nitrogens with one attached hydrogen (secondary N) is 1. The molecule has 0 saturated carbocycles. The van der Waals surface area contributed by atoms with Crippen molar-refractivity contribution in [3.63, 3.8) is 0 Å². The zero-order valence-electron chi connectivity index (χ0n) is 20.8. The highest BCUT2D eigenvalue weighted by molar-refractivity contribution is 5.80. The third kappa shape index (κ3) is 4.92. The van der Waals surface area contributed by atoms with Gasteiger partial charge >= 0.3 is 0 Å². The lowest BCUT2D eigenvalue weighted by Gasteiger charge is -2.28. The van der Waals surface area contributed by atoms with Crippen LogP contribution in [-0.4, -0.2) is 89.8 Å². The topological polar surface area (TPSA) is 126 Å². The van der Waals surface area contributed by atoms with E-state index in [0.29, 0.717) is 25.6 Å². The number of benzene rings is 1. The minimum Gasteiger partial charge on any atom is -0.378 e. The lowest BCUT2D eigenvalue weighted by atomic mass is 10.1. The van der Waals surface area contributed by atoms with Gasteiger partial charge in [0.05, 0.1) is 25.3 Å². The molecule has 5 heterocycles. The second-order valence-electron chi connectivity index (χ2n) is 9.48. The van der Waals surface area contributed by atoms with Crippen LogP contribution in [0.1, 0.15) is 11.1 Å². The van der Waals surface area contributed by atoms with Gasteiger partial charge in [-0.05, 0) is 24.1 Å². The van der Waals surface area contributed by atoms with Crippen LogP contribution >= 0.6 is 0 Å². The summed E-state index contributed by atoms with van der Waals surface area (Å²) in [5.74, 6) is 1.96. The maximum absolute atomic E-state index is 12.9. The van der Waals surface area contributed by atoms with E-state index in [4.69, 9.17) is 20.4 Å². The first-order valence-electron chi connectivity index (χ1n) is 12.8. The summed E-state index contributed by atoms with van der Waals surface area (Å²) in [4.78, 5) is 37.6. The van der Waals surface area contributed by atoms with Crippen LogP contribution < -0.4 is 20.9 Å². The Morgan fingerprint density at radius 1 is 1.03 bits per heavy atom. The number of ether oxygens (including phenoxy) is 1. The Kier molecular flexibility index (Phi) is 6.54. The standard InChI is InChI=1S/C26H31N9O2/c27-25-29-16-19(17-30-25)23-21-4-7-35(24(21)32-26(31-23)34-10-12-37-13-11-34)20-3-1-2-18(14-20)15-22(36)33-8-5-28-6-9-33/h1-3,14,16-17,28H,4-13,15H2,(H2,27,29,30). The van der Waals surface area contributed by atoms with E-state index in [1.54, 1.807) is 12.4 Å². The molecule has 3 aliphatic heterocycles. The number of aromatic nitrogens is 4. The van der Waals surface area contributed by atoms with Gasteiger partial charge in [0.2, 0.25) is 17.8 Å². The number of hydrogen-bond acceptors (Lipinski definition) is 10. The van der Waals surface area contributed by atoms with E-state index in [2.05, 4.69) is 37.2 Å². The zero-order chi connectivity index (χ0) is 25.2. The molecule has 2 saturated heterocycles. The summed E-state index contributed by atoms with van der Waals surface area (Å²) in [5, 5.41) is 3.30. The normalized spacial score (nSPS) is 17.7. The maximum Gasteiger partial charge on any atom is 0.228 e. The molecule has 0 spiro atoms. The molecule has 3 aliphatic rings. The molecule has 192 valence electrons. The quantitative estimate of drug-likeness (QED) is 0.523. The molecular weight excluding hydrogens is 470 g/mol. The smallest absolute Gasteiger partial charge is 0.228 e. The minimum atomic E-state index is 0.169. The first kappa shape index (κ1) is 23.6. The average molecular weight is 502 g/mol. The molecule has 2 aromatic heterocycles. The molecule has 1 amide bonds. The molecule has 3 N–H and O–H groups in total. The number of fused-ring (bicyclic) bond motifs is 1. The predicted octanol–water partition coefficient (Wildman–Crippen LogP) is 1.02. The van der Waals surface area contributed by atoms with Crippen LogP contribution in [0.2, 0.25) is 0 Å². The first-order valence-corrected chi connectivity index (χ1v) is 12.8. The van der Waals surface area contributed by atoms with Gasteiger partial charge in [-0.1, -0.05) is 12.1 Å². The Balaban J connectivity index is 1.33. The van der Waals surface area contributed by atoms with Gasteiger partial charge in [0.15, 0.2) is 0 Å². The number of hydrogen-bond donors (Lipinski definition) is 2. The van der Waals surface area contributed by atoms with Gasteiger partial charge in [-0.15, -0.1) is 0 Å². The highest BCUT2D eigenvalue weighted by Crippen LogP contribution is 2.39. The van der Waals surface area contributed by atoms with E-state index in [9.17, 15) is 4.79 Å². The number of nitrogen functional groups attached to an aromatic ring is 1. The van der Waals surface area contributed by atoms with Gasteiger partial charge in [-0.3, -0.25) is 4.79 Å². The van der Waals surface area contributed by atoms with Crippen molar-refractivity contribution in [2.75, 3.05) is 74.6 Å². The molecule has 11 nitrogen and oxygen atoms in total. The van der Waals surface area contributed by atoms with Gasteiger partial charge in [0, 0.05) is 75.0 Å². The molecule has 3 aromatic rings. The van der Waals surface area contributed by atoms with Crippen molar-refractivity contribution in [3.05, 3.63) is 47.8 Å². The molecule has 0 atom stereocenters. The Labute approximate surface area is 215 Å². The van der Waals surface area contributed by atoms with E-state index in [-0.39, 0.29) is 11.9 Å². The number of nitrogens with two attached hydrogens (primary N) is 1. The fourth-order valence-electron chi connectivity index (χ4n) is 5.13. The second kappa shape index (κ2) is 10.3.